The van der Waals surface area contributed by atoms with E-state index in [1.54, 1.807) is 18.2 Å². The summed E-state index contributed by atoms with van der Waals surface area (Å²) in [6.07, 6.45) is 1.05. The molecule has 0 radical (unpaired) electrons. The lowest BCUT2D eigenvalue weighted by molar-refractivity contribution is 0.140. The molecule has 2 rings (SSSR count). The molecule has 0 amide bonds. The minimum absolute atomic E-state index is 0.0649. The number of phenols is 1. The number of phenolic OH excluding ortho intramolecular Hbond substituents is 1. The van der Waals surface area contributed by atoms with E-state index in [2.05, 4.69) is 4.98 Å². The van der Waals surface area contributed by atoms with E-state index >= 15 is 0 Å². The van der Waals surface area contributed by atoms with Crippen molar-refractivity contribution in [3.63, 3.8) is 0 Å². The van der Waals surface area contributed by atoms with Gasteiger partial charge in [0.25, 0.3) is 0 Å². The normalized spacial score (nSPS) is 10.8. The van der Waals surface area contributed by atoms with Gasteiger partial charge >= 0.3 is 6.55 Å². The molecular formula is C14H13F3N2O. The predicted molar refractivity (Wildman–Crippen MR) is 69.2 cm³/mol. The van der Waals surface area contributed by atoms with Gasteiger partial charge in [-0.15, -0.1) is 0 Å². The highest BCUT2D eigenvalue weighted by Gasteiger charge is 2.19. The molecule has 0 atom stereocenters. The predicted octanol–water partition coefficient (Wildman–Crippen LogP) is 3.46. The van der Waals surface area contributed by atoms with E-state index in [1.165, 1.54) is 19.1 Å². The molecule has 3 nitrogen and oxygen atoms in total. The molecule has 0 aliphatic heterocycles. The van der Waals surface area contributed by atoms with Gasteiger partial charge in [0.05, 0.1) is 18.4 Å². The topological polar surface area (TPSA) is 36.4 Å². The molecule has 0 spiro atoms. The molecule has 106 valence electrons. The van der Waals surface area contributed by atoms with Gasteiger partial charge < -0.3 is 10.0 Å². The molecule has 0 aliphatic carbocycles. The van der Waals surface area contributed by atoms with Crippen LogP contribution in [-0.2, 0) is 6.54 Å². The monoisotopic (exact) mass is 282 g/mol. The van der Waals surface area contributed by atoms with Crippen molar-refractivity contribution in [1.82, 2.24) is 4.98 Å². The highest BCUT2D eigenvalue weighted by atomic mass is 19.3. The Morgan fingerprint density at radius 2 is 2.00 bits per heavy atom. The average Bonchev–Trinajstić information content (AvgIpc) is 2.41. The van der Waals surface area contributed by atoms with Gasteiger partial charge in [-0.05, 0) is 19.1 Å². The van der Waals surface area contributed by atoms with E-state index in [1.807, 2.05) is 0 Å². The summed E-state index contributed by atoms with van der Waals surface area (Å²) in [6, 6.07) is 7.53. The van der Waals surface area contributed by atoms with Crippen molar-refractivity contribution >= 4 is 5.69 Å². The Morgan fingerprint density at radius 3 is 2.60 bits per heavy atom. The molecule has 0 aliphatic rings. The fourth-order valence-corrected chi connectivity index (χ4v) is 1.80. The number of aromatic hydroxyl groups is 1. The van der Waals surface area contributed by atoms with E-state index in [0.717, 1.165) is 11.1 Å². The van der Waals surface area contributed by atoms with E-state index in [9.17, 15) is 18.3 Å². The molecule has 0 bridgehead atoms. The molecule has 1 N–H and O–H groups in total. The number of halogens is 3. The van der Waals surface area contributed by atoms with Gasteiger partial charge in [0.2, 0.25) is 5.95 Å². The Balaban J connectivity index is 2.32. The van der Waals surface area contributed by atoms with Gasteiger partial charge in [0, 0.05) is 11.1 Å². The van der Waals surface area contributed by atoms with Crippen LogP contribution in [0.4, 0.5) is 18.9 Å². The zero-order chi connectivity index (χ0) is 14.7. The smallest absolute Gasteiger partial charge is 0.315 e. The van der Waals surface area contributed by atoms with Crippen molar-refractivity contribution in [2.45, 2.75) is 20.0 Å². The third kappa shape index (κ3) is 3.01. The van der Waals surface area contributed by atoms with Crippen LogP contribution in [0.1, 0.15) is 11.1 Å². The van der Waals surface area contributed by atoms with E-state index in [-0.39, 0.29) is 23.5 Å². The number of hydrogen-bond acceptors (Lipinski definition) is 3. The highest BCUT2D eigenvalue weighted by Crippen LogP contribution is 2.25. The van der Waals surface area contributed by atoms with Crippen molar-refractivity contribution in [2.75, 3.05) is 4.90 Å². The first-order chi connectivity index (χ1) is 9.49. The fraction of sp³-hybridized carbons (Fsp3) is 0.214. The number of anilines is 1. The lowest BCUT2D eigenvalue weighted by Gasteiger charge is -2.24. The van der Waals surface area contributed by atoms with Crippen molar-refractivity contribution in [3.8, 4) is 5.75 Å². The Labute approximate surface area is 114 Å². The summed E-state index contributed by atoms with van der Waals surface area (Å²) in [5.74, 6) is -0.754. The van der Waals surface area contributed by atoms with Gasteiger partial charge in [0.1, 0.15) is 5.75 Å². The number of para-hydroxylation sites is 1. The highest BCUT2D eigenvalue weighted by molar-refractivity contribution is 5.48. The maximum atomic E-state index is 13.2. The Morgan fingerprint density at radius 1 is 1.30 bits per heavy atom. The average molecular weight is 282 g/mol. The van der Waals surface area contributed by atoms with Gasteiger partial charge in [0.15, 0.2) is 0 Å². The van der Waals surface area contributed by atoms with Crippen LogP contribution in [0, 0.1) is 12.9 Å². The molecule has 0 saturated heterocycles. The second kappa shape index (κ2) is 5.81. The van der Waals surface area contributed by atoms with E-state index in [4.69, 9.17) is 0 Å². The van der Waals surface area contributed by atoms with Crippen LogP contribution in [0.25, 0.3) is 0 Å². The van der Waals surface area contributed by atoms with E-state index < -0.39 is 12.5 Å². The SMILES string of the molecule is Cc1cc(N(Cc2ccccc2O)C(F)F)cnc1F. The van der Waals surface area contributed by atoms with Crippen molar-refractivity contribution in [3.05, 3.63) is 53.6 Å². The summed E-state index contributed by atoms with van der Waals surface area (Å²) >= 11 is 0. The summed E-state index contributed by atoms with van der Waals surface area (Å²) in [5, 5.41) is 9.64. The molecule has 1 aromatic heterocycles. The summed E-state index contributed by atoms with van der Waals surface area (Å²) in [6.45, 7) is -1.53. The van der Waals surface area contributed by atoms with Crippen LogP contribution >= 0.6 is 0 Å². The first-order valence-electron chi connectivity index (χ1n) is 5.93. The molecule has 0 fully saturated rings. The third-order valence-electron chi connectivity index (χ3n) is 2.90. The Kier molecular flexibility index (Phi) is 4.12. The van der Waals surface area contributed by atoms with Crippen LogP contribution in [0.3, 0.4) is 0 Å². The lowest BCUT2D eigenvalue weighted by Crippen LogP contribution is -2.28. The van der Waals surface area contributed by atoms with E-state index in [0.29, 0.717) is 5.56 Å². The molecule has 1 aromatic carbocycles. The number of hydrogen-bond donors (Lipinski definition) is 1. The molecular weight excluding hydrogens is 269 g/mol. The Bertz CT molecular complexity index is 605. The third-order valence-corrected chi connectivity index (χ3v) is 2.90. The maximum absolute atomic E-state index is 13.2. The van der Waals surface area contributed by atoms with Gasteiger partial charge in [-0.3, -0.25) is 0 Å². The summed E-state index contributed by atoms with van der Waals surface area (Å²) in [7, 11) is 0. The minimum atomic E-state index is -2.79. The molecule has 0 saturated carbocycles. The summed E-state index contributed by atoms with van der Waals surface area (Å²) in [5.41, 5.74) is 0.641. The molecule has 6 heteroatoms. The molecule has 0 unspecified atom stereocenters. The van der Waals surface area contributed by atoms with Crippen LogP contribution in [-0.4, -0.2) is 16.6 Å². The quantitative estimate of drug-likeness (QED) is 0.689. The number of aromatic nitrogens is 1. The van der Waals surface area contributed by atoms with Gasteiger partial charge in [-0.2, -0.15) is 13.2 Å². The van der Waals surface area contributed by atoms with Crippen LogP contribution in [0.5, 0.6) is 5.75 Å². The van der Waals surface area contributed by atoms with Gasteiger partial charge in [-0.1, -0.05) is 18.2 Å². The number of benzene rings is 1. The number of alkyl halides is 2. The van der Waals surface area contributed by atoms with Crippen LogP contribution in [0.15, 0.2) is 36.5 Å². The molecule has 20 heavy (non-hydrogen) atoms. The number of pyridine rings is 1. The first-order valence-corrected chi connectivity index (χ1v) is 5.93. The Hall–Kier alpha value is -2.24. The second-order valence-corrected chi connectivity index (χ2v) is 4.34. The summed E-state index contributed by atoms with van der Waals surface area (Å²) in [4.78, 5) is 4.19. The lowest BCUT2D eigenvalue weighted by atomic mass is 10.2. The van der Waals surface area contributed by atoms with Gasteiger partial charge in [-0.25, -0.2) is 4.98 Å². The molecule has 1 heterocycles. The zero-order valence-corrected chi connectivity index (χ0v) is 10.7. The molecule has 2 aromatic rings. The fourth-order valence-electron chi connectivity index (χ4n) is 1.80. The largest absolute Gasteiger partial charge is 0.508 e. The number of rotatable bonds is 4. The number of aryl methyl sites for hydroxylation is 1. The minimum Gasteiger partial charge on any atom is -0.508 e. The summed E-state index contributed by atoms with van der Waals surface area (Å²) < 4.78 is 39.4. The number of nitrogens with zero attached hydrogens (tertiary/aromatic N) is 2. The maximum Gasteiger partial charge on any atom is 0.315 e. The van der Waals surface area contributed by atoms with Crippen LogP contribution < -0.4 is 4.90 Å². The van der Waals surface area contributed by atoms with Crippen molar-refractivity contribution in [1.29, 1.82) is 0 Å². The van der Waals surface area contributed by atoms with Crippen LogP contribution in [0.2, 0.25) is 0 Å². The second-order valence-electron chi connectivity index (χ2n) is 4.34. The standard InChI is InChI=1S/C14H13F3N2O/c1-9-6-11(7-18-13(9)15)19(14(16)17)8-10-4-2-3-5-12(10)20/h2-7,14,20H,8H2,1H3. The van der Waals surface area contributed by atoms with Crippen molar-refractivity contribution in [2.24, 2.45) is 0 Å². The first kappa shape index (κ1) is 14.2. The zero-order valence-electron chi connectivity index (χ0n) is 10.7. The van der Waals surface area contributed by atoms with Crippen molar-refractivity contribution < 1.29 is 18.3 Å².